The molecule has 8 nitrogen and oxygen atoms in total. The molecule has 0 radical (unpaired) electrons. The van der Waals surface area contributed by atoms with Gasteiger partial charge in [-0.05, 0) is 26.8 Å². The van der Waals surface area contributed by atoms with Crippen LogP contribution in [0.5, 0.6) is 11.5 Å². The van der Waals surface area contributed by atoms with Crippen molar-refractivity contribution in [3.63, 3.8) is 0 Å². The number of hydrogen-bond donors (Lipinski definition) is 2. The van der Waals surface area contributed by atoms with E-state index >= 15 is 0 Å². The van der Waals surface area contributed by atoms with Crippen LogP contribution in [-0.4, -0.2) is 47.9 Å². The Labute approximate surface area is 132 Å². The first-order chi connectivity index (χ1) is 10.9. The summed E-state index contributed by atoms with van der Waals surface area (Å²) in [6, 6.07) is 0.857. The van der Waals surface area contributed by atoms with E-state index in [4.69, 9.17) is 14.2 Å². The molecule has 0 heterocycles. The minimum atomic E-state index is -1.04. The summed E-state index contributed by atoms with van der Waals surface area (Å²) >= 11 is 0. The molecule has 0 atom stereocenters. The maximum atomic E-state index is 12.0. The van der Waals surface area contributed by atoms with Crippen LogP contribution < -0.4 is 0 Å². The van der Waals surface area contributed by atoms with Crippen molar-refractivity contribution in [2.24, 2.45) is 0 Å². The summed E-state index contributed by atoms with van der Waals surface area (Å²) in [5.41, 5.74) is -1.59. The second-order valence-electron chi connectivity index (χ2n) is 4.20. The molecule has 126 valence electrons. The van der Waals surface area contributed by atoms with Crippen molar-refractivity contribution in [1.82, 2.24) is 0 Å². The molecule has 0 saturated carbocycles. The third-order valence-electron chi connectivity index (χ3n) is 2.73. The summed E-state index contributed by atoms with van der Waals surface area (Å²) in [7, 11) is 0. The maximum Gasteiger partial charge on any atom is 0.345 e. The first-order valence-corrected chi connectivity index (χ1v) is 6.99. The van der Waals surface area contributed by atoms with Gasteiger partial charge in [0.15, 0.2) is 0 Å². The van der Waals surface area contributed by atoms with Gasteiger partial charge in [-0.2, -0.15) is 0 Å². The van der Waals surface area contributed by atoms with Crippen LogP contribution in [0, 0.1) is 0 Å². The first-order valence-electron chi connectivity index (χ1n) is 6.99. The highest BCUT2D eigenvalue weighted by Gasteiger charge is 2.31. The van der Waals surface area contributed by atoms with E-state index in [9.17, 15) is 24.6 Å². The van der Waals surface area contributed by atoms with Crippen molar-refractivity contribution < 1.29 is 38.8 Å². The Hall–Kier alpha value is -2.77. The summed E-state index contributed by atoms with van der Waals surface area (Å²) in [6.45, 7) is 4.61. The molecule has 23 heavy (non-hydrogen) atoms. The van der Waals surface area contributed by atoms with Crippen molar-refractivity contribution in [1.29, 1.82) is 0 Å². The molecule has 8 heteroatoms. The van der Waals surface area contributed by atoms with Gasteiger partial charge in [-0.3, -0.25) is 0 Å². The third-order valence-corrected chi connectivity index (χ3v) is 2.73. The predicted octanol–water partition coefficient (Wildman–Crippen LogP) is 1.63. The molecule has 1 aromatic carbocycles. The van der Waals surface area contributed by atoms with Gasteiger partial charge in [-0.1, -0.05) is 0 Å². The number of phenolic OH excluding ortho intramolecular Hbond substituents is 2. The van der Waals surface area contributed by atoms with E-state index in [2.05, 4.69) is 0 Å². The molecule has 0 amide bonds. The van der Waals surface area contributed by atoms with E-state index in [1.165, 1.54) is 13.8 Å². The molecular formula is C15H18O8. The van der Waals surface area contributed by atoms with Crippen LogP contribution >= 0.6 is 0 Å². The van der Waals surface area contributed by atoms with Gasteiger partial charge in [-0.15, -0.1) is 0 Å². The zero-order valence-corrected chi connectivity index (χ0v) is 13.0. The number of carbonyl (C=O) groups excluding carboxylic acids is 3. The van der Waals surface area contributed by atoms with Gasteiger partial charge in [0.25, 0.3) is 0 Å². The Morgan fingerprint density at radius 3 is 1.74 bits per heavy atom. The molecule has 0 bridgehead atoms. The third kappa shape index (κ3) is 3.91. The second-order valence-corrected chi connectivity index (χ2v) is 4.20. The quantitative estimate of drug-likeness (QED) is 0.598. The molecule has 0 spiro atoms. The number of aromatic hydroxyl groups is 2. The molecule has 0 fully saturated rings. The molecule has 0 aromatic heterocycles. The maximum absolute atomic E-state index is 12.0. The summed E-state index contributed by atoms with van der Waals surface area (Å²) in [4.78, 5) is 35.7. The molecular weight excluding hydrogens is 308 g/mol. The van der Waals surface area contributed by atoms with Crippen molar-refractivity contribution in [3.8, 4) is 11.5 Å². The lowest BCUT2D eigenvalue weighted by molar-refractivity contribution is 0.0470. The molecule has 0 aliphatic rings. The number of hydrogen-bond acceptors (Lipinski definition) is 8. The van der Waals surface area contributed by atoms with Crippen molar-refractivity contribution in [3.05, 3.63) is 22.8 Å². The minimum Gasteiger partial charge on any atom is -0.507 e. The zero-order chi connectivity index (χ0) is 17.6. The van der Waals surface area contributed by atoms with E-state index in [0.717, 1.165) is 6.07 Å². The number of rotatable bonds is 6. The van der Waals surface area contributed by atoms with Crippen LogP contribution in [0.3, 0.4) is 0 Å². The van der Waals surface area contributed by atoms with Gasteiger partial charge in [0, 0.05) is 0 Å². The van der Waals surface area contributed by atoms with Crippen LogP contribution in [0.1, 0.15) is 51.8 Å². The smallest absolute Gasteiger partial charge is 0.345 e. The Bertz CT molecular complexity index is 620. The minimum absolute atomic E-state index is 0.00786. The Morgan fingerprint density at radius 1 is 0.826 bits per heavy atom. The van der Waals surface area contributed by atoms with Gasteiger partial charge < -0.3 is 24.4 Å². The molecule has 1 aromatic rings. The highest BCUT2D eigenvalue weighted by Crippen LogP contribution is 2.35. The molecule has 1 rings (SSSR count). The van der Waals surface area contributed by atoms with Gasteiger partial charge in [0.2, 0.25) is 0 Å². The fourth-order valence-electron chi connectivity index (χ4n) is 1.84. The Kier molecular flexibility index (Phi) is 6.37. The van der Waals surface area contributed by atoms with Crippen LogP contribution in [0.25, 0.3) is 0 Å². The number of ether oxygens (including phenoxy) is 3. The molecule has 2 N–H and O–H groups in total. The summed E-state index contributed by atoms with van der Waals surface area (Å²) < 4.78 is 14.2. The van der Waals surface area contributed by atoms with E-state index in [1.54, 1.807) is 6.92 Å². The topological polar surface area (TPSA) is 119 Å². The van der Waals surface area contributed by atoms with Crippen molar-refractivity contribution >= 4 is 17.9 Å². The van der Waals surface area contributed by atoms with Gasteiger partial charge in [0.05, 0.1) is 25.4 Å². The Balaban J connectivity index is 3.57. The summed E-state index contributed by atoms with van der Waals surface area (Å²) in [5, 5.41) is 20.1. The lowest BCUT2D eigenvalue weighted by atomic mass is 10.0. The SMILES string of the molecule is CCOC(=O)c1cc(O)c(C(=O)OCC)c(O)c1C(=O)OCC. The van der Waals surface area contributed by atoms with Crippen LogP contribution in [0.2, 0.25) is 0 Å². The monoisotopic (exact) mass is 326 g/mol. The second kappa shape index (κ2) is 8.02. The zero-order valence-electron chi connectivity index (χ0n) is 13.0. The van der Waals surface area contributed by atoms with E-state index < -0.39 is 46.1 Å². The molecule has 0 aliphatic carbocycles. The molecule has 0 saturated heterocycles. The molecule has 0 unspecified atom stereocenters. The van der Waals surface area contributed by atoms with Crippen LogP contribution in [0.15, 0.2) is 6.07 Å². The van der Waals surface area contributed by atoms with E-state index in [0.29, 0.717) is 0 Å². The number of esters is 3. The summed E-state index contributed by atoms with van der Waals surface area (Å²) in [5.74, 6) is -4.62. The first kappa shape index (κ1) is 18.3. The lowest BCUT2D eigenvalue weighted by Crippen LogP contribution is -2.17. The fourth-order valence-corrected chi connectivity index (χ4v) is 1.84. The summed E-state index contributed by atoms with van der Waals surface area (Å²) in [6.07, 6.45) is 0. The van der Waals surface area contributed by atoms with Crippen molar-refractivity contribution in [2.45, 2.75) is 20.8 Å². The van der Waals surface area contributed by atoms with Gasteiger partial charge in [0.1, 0.15) is 22.6 Å². The number of benzene rings is 1. The fraction of sp³-hybridized carbons (Fsp3) is 0.400. The lowest BCUT2D eigenvalue weighted by Gasteiger charge is -2.14. The Morgan fingerprint density at radius 2 is 1.26 bits per heavy atom. The average molecular weight is 326 g/mol. The standard InChI is InChI=1S/C15H18O8/c1-4-21-13(18)8-7-9(16)11(15(20)23-6-3)12(17)10(8)14(19)22-5-2/h7,16-17H,4-6H2,1-3H3. The van der Waals surface area contributed by atoms with Gasteiger partial charge in [-0.25, -0.2) is 14.4 Å². The molecule has 0 aliphatic heterocycles. The highest BCUT2D eigenvalue weighted by atomic mass is 16.5. The van der Waals surface area contributed by atoms with E-state index in [1.807, 2.05) is 0 Å². The van der Waals surface area contributed by atoms with Crippen LogP contribution in [-0.2, 0) is 14.2 Å². The van der Waals surface area contributed by atoms with Gasteiger partial charge >= 0.3 is 17.9 Å². The van der Waals surface area contributed by atoms with Crippen molar-refractivity contribution in [2.75, 3.05) is 19.8 Å². The van der Waals surface area contributed by atoms with Crippen LogP contribution in [0.4, 0.5) is 0 Å². The number of carbonyl (C=O) groups is 3. The largest absolute Gasteiger partial charge is 0.507 e. The highest BCUT2D eigenvalue weighted by molar-refractivity contribution is 6.09. The number of phenols is 2. The predicted molar refractivity (Wildman–Crippen MR) is 77.6 cm³/mol. The normalized spacial score (nSPS) is 10.0. The van der Waals surface area contributed by atoms with E-state index in [-0.39, 0.29) is 19.8 Å². The average Bonchev–Trinajstić information content (AvgIpc) is 2.47.